The molecule has 7 nitrogen and oxygen atoms in total. The van der Waals surface area contributed by atoms with E-state index in [2.05, 4.69) is 5.32 Å². The van der Waals surface area contributed by atoms with Gasteiger partial charge in [0.05, 0.1) is 10.6 Å². The highest BCUT2D eigenvalue weighted by Gasteiger charge is 2.33. The maximum atomic E-state index is 14.0. The summed E-state index contributed by atoms with van der Waals surface area (Å²) in [5.74, 6) is -0.507. The number of benzene rings is 3. The van der Waals surface area contributed by atoms with Gasteiger partial charge >= 0.3 is 0 Å². The highest BCUT2D eigenvalue weighted by atomic mass is 35.5. The van der Waals surface area contributed by atoms with Gasteiger partial charge in [-0.3, -0.25) is 13.9 Å². The van der Waals surface area contributed by atoms with Crippen LogP contribution in [0.15, 0.2) is 83.8 Å². The quantitative estimate of drug-likeness (QED) is 0.315. The number of hydrogen-bond acceptors (Lipinski definition) is 4. The number of sulfonamides is 1. The Hall–Kier alpha value is -3.36. The highest BCUT2D eigenvalue weighted by molar-refractivity contribution is 7.92. The molecule has 39 heavy (non-hydrogen) atoms. The van der Waals surface area contributed by atoms with Crippen LogP contribution in [0.25, 0.3) is 0 Å². The second-order valence-corrected chi connectivity index (χ2v) is 12.2. The number of carbonyl (C=O) groups excluding carboxylic acids is 2. The van der Waals surface area contributed by atoms with Crippen molar-refractivity contribution in [2.24, 2.45) is 5.92 Å². The van der Waals surface area contributed by atoms with Gasteiger partial charge in [0.15, 0.2) is 0 Å². The van der Waals surface area contributed by atoms with E-state index in [4.69, 9.17) is 11.6 Å². The summed E-state index contributed by atoms with van der Waals surface area (Å²) in [5.41, 5.74) is 2.14. The van der Waals surface area contributed by atoms with Crippen LogP contribution in [-0.4, -0.2) is 44.3 Å². The first-order valence-electron chi connectivity index (χ1n) is 13.0. The number of anilines is 1. The Morgan fingerprint density at radius 3 is 2.10 bits per heavy atom. The minimum atomic E-state index is -4.13. The summed E-state index contributed by atoms with van der Waals surface area (Å²) in [5, 5.41) is 3.33. The molecule has 3 aromatic rings. The third-order valence-corrected chi connectivity index (χ3v) is 8.31. The monoisotopic (exact) mass is 569 g/mol. The van der Waals surface area contributed by atoms with Gasteiger partial charge in [0.25, 0.3) is 10.0 Å². The van der Waals surface area contributed by atoms with Gasteiger partial charge in [-0.1, -0.05) is 80.4 Å². The van der Waals surface area contributed by atoms with E-state index in [1.165, 1.54) is 29.2 Å². The van der Waals surface area contributed by atoms with Crippen molar-refractivity contribution in [1.82, 2.24) is 10.2 Å². The van der Waals surface area contributed by atoms with Crippen molar-refractivity contribution in [1.29, 1.82) is 0 Å². The maximum absolute atomic E-state index is 14.0. The lowest BCUT2D eigenvalue weighted by molar-refractivity contribution is -0.140. The Kier molecular flexibility index (Phi) is 10.5. The van der Waals surface area contributed by atoms with Crippen molar-refractivity contribution < 1.29 is 18.0 Å². The fraction of sp³-hybridized carbons (Fsp3) is 0.333. The van der Waals surface area contributed by atoms with E-state index < -0.39 is 28.5 Å². The number of hydrogen-bond donors (Lipinski definition) is 1. The number of halogens is 1. The van der Waals surface area contributed by atoms with Gasteiger partial charge in [-0.05, 0) is 61.2 Å². The number of aryl methyl sites for hydroxylation is 1. The summed E-state index contributed by atoms with van der Waals surface area (Å²) < 4.78 is 28.7. The zero-order chi connectivity index (χ0) is 28.6. The van der Waals surface area contributed by atoms with Crippen LogP contribution in [0.1, 0.15) is 38.3 Å². The van der Waals surface area contributed by atoms with Gasteiger partial charge in [0, 0.05) is 18.1 Å². The first-order chi connectivity index (χ1) is 18.5. The number of carbonyl (C=O) groups is 2. The molecule has 0 fully saturated rings. The van der Waals surface area contributed by atoms with Crippen molar-refractivity contribution in [3.63, 3.8) is 0 Å². The minimum Gasteiger partial charge on any atom is -0.354 e. The smallest absolute Gasteiger partial charge is 0.264 e. The summed E-state index contributed by atoms with van der Waals surface area (Å²) in [6.07, 6.45) is 0.372. The molecular weight excluding hydrogens is 534 g/mol. The van der Waals surface area contributed by atoms with Gasteiger partial charge in [-0.15, -0.1) is 0 Å². The molecule has 2 amide bonds. The SMILES string of the molecule is CC[C@H](C(=O)NCC(C)C)N(Cc1ccccc1)C(=O)CN(c1ccc(C)cc1)S(=O)(=O)c1ccc(Cl)cc1. The Morgan fingerprint density at radius 1 is 0.923 bits per heavy atom. The zero-order valence-corrected chi connectivity index (χ0v) is 24.4. The maximum Gasteiger partial charge on any atom is 0.264 e. The summed E-state index contributed by atoms with van der Waals surface area (Å²) in [4.78, 5) is 28.7. The van der Waals surface area contributed by atoms with Crippen molar-refractivity contribution in [2.75, 3.05) is 17.4 Å². The van der Waals surface area contributed by atoms with Gasteiger partial charge in [0.1, 0.15) is 12.6 Å². The molecule has 0 spiro atoms. The Bertz CT molecular complexity index is 1350. The molecule has 3 aromatic carbocycles. The second-order valence-electron chi connectivity index (χ2n) is 9.87. The minimum absolute atomic E-state index is 0.0107. The second kappa shape index (κ2) is 13.6. The molecule has 0 aliphatic rings. The summed E-state index contributed by atoms with van der Waals surface area (Å²) >= 11 is 6.00. The van der Waals surface area contributed by atoms with Crippen LogP contribution in [-0.2, 0) is 26.2 Å². The number of amides is 2. The first kappa shape index (κ1) is 30.2. The van der Waals surface area contributed by atoms with Gasteiger partial charge in [-0.2, -0.15) is 0 Å². The summed E-state index contributed by atoms with van der Waals surface area (Å²) in [6, 6.07) is 21.3. The van der Waals surface area contributed by atoms with E-state index in [0.29, 0.717) is 23.7 Å². The fourth-order valence-electron chi connectivity index (χ4n) is 4.10. The molecular formula is C30H36ClN3O4S. The molecule has 3 rings (SSSR count). The molecule has 0 radical (unpaired) electrons. The van der Waals surface area contributed by atoms with Crippen LogP contribution in [0.2, 0.25) is 5.02 Å². The molecule has 0 unspecified atom stereocenters. The van der Waals surface area contributed by atoms with E-state index in [0.717, 1.165) is 15.4 Å². The number of nitrogens with one attached hydrogen (secondary N) is 1. The third kappa shape index (κ3) is 8.07. The lowest BCUT2D eigenvalue weighted by Gasteiger charge is -2.33. The van der Waals surface area contributed by atoms with Crippen molar-refractivity contribution in [2.45, 2.75) is 51.6 Å². The molecule has 9 heteroatoms. The Morgan fingerprint density at radius 2 is 1.54 bits per heavy atom. The fourth-order valence-corrected chi connectivity index (χ4v) is 5.64. The van der Waals surface area contributed by atoms with Crippen molar-refractivity contribution in [3.05, 3.63) is 95.0 Å². The lowest BCUT2D eigenvalue weighted by Crippen LogP contribution is -2.52. The van der Waals surface area contributed by atoms with Crippen LogP contribution in [0, 0.1) is 12.8 Å². The molecule has 0 aromatic heterocycles. The molecule has 0 aliphatic heterocycles. The summed E-state index contributed by atoms with van der Waals surface area (Å²) in [6.45, 7) is 7.89. The van der Waals surface area contributed by atoms with E-state index in [9.17, 15) is 18.0 Å². The first-order valence-corrected chi connectivity index (χ1v) is 14.8. The molecule has 208 valence electrons. The standard InChI is InChI=1S/C30H36ClN3O4S/c1-5-28(30(36)32-19-22(2)3)33(20-24-9-7-6-8-10-24)29(35)21-34(26-15-11-23(4)12-16-26)39(37,38)27-17-13-25(31)14-18-27/h6-18,22,28H,5,19-21H2,1-4H3,(H,32,36)/t28-/m1/s1. The van der Waals surface area contributed by atoms with Gasteiger partial charge < -0.3 is 10.2 Å². The summed E-state index contributed by atoms with van der Waals surface area (Å²) in [7, 11) is -4.13. The van der Waals surface area contributed by atoms with Crippen LogP contribution in [0.5, 0.6) is 0 Å². The van der Waals surface area contributed by atoms with E-state index in [1.807, 2.05) is 58.0 Å². The molecule has 1 atom stereocenters. The molecule has 0 heterocycles. The normalized spacial score (nSPS) is 12.2. The Balaban J connectivity index is 2.02. The molecule has 0 saturated heterocycles. The van der Waals surface area contributed by atoms with Crippen LogP contribution in [0.3, 0.4) is 0 Å². The van der Waals surface area contributed by atoms with E-state index in [1.54, 1.807) is 24.3 Å². The van der Waals surface area contributed by atoms with Crippen LogP contribution >= 0.6 is 11.6 Å². The van der Waals surface area contributed by atoms with E-state index >= 15 is 0 Å². The van der Waals surface area contributed by atoms with Gasteiger partial charge in [0.2, 0.25) is 11.8 Å². The number of rotatable bonds is 12. The van der Waals surface area contributed by atoms with Gasteiger partial charge in [-0.25, -0.2) is 8.42 Å². The number of nitrogens with zero attached hydrogens (tertiary/aromatic N) is 2. The molecule has 0 aliphatic carbocycles. The van der Waals surface area contributed by atoms with Crippen molar-refractivity contribution >= 4 is 39.1 Å². The van der Waals surface area contributed by atoms with E-state index in [-0.39, 0.29) is 23.3 Å². The predicted octanol–water partition coefficient (Wildman–Crippen LogP) is 5.42. The van der Waals surface area contributed by atoms with Crippen LogP contribution < -0.4 is 9.62 Å². The highest BCUT2D eigenvalue weighted by Crippen LogP contribution is 2.26. The predicted molar refractivity (Wildman–Crippen MR) is 156 cm³/mol. The molecule has 0 saturated carbocycles. The van der Waals surface area contributed by atoms with Crippen LogP contribution in [0.4, 0.5) is 5.69 Å². The zero-order valence-electron chi connectivity index (χ0n) is 22.8. The van der Waals surface area contributed by atoms with Crippen molar-refractivity contribution in [3.8, 4) is 0 Å². The molecule has 0 bridgehead atoms. The Labute approximate surface area is 236 Å². The topological polar surface area (TPSA) is 86.8 Å². The molecule has 1 N–H and O–H groups in total. The lowest BCUT2D eigenvalue weighted by atomic mass is 10.1. The average molecular weight is 570 g/mol. The largest absolute Gasteiger partial charge is 0.354 e. The third-order valence-electron chi connectivity index (χ3n) is 6.27. The average Bonchev–Trinajstić information content (AvgIpc) is 2.91.